The van der Waals surface area contributed by atoms with Gasteiger partial charge in [0.15, 0.2) is 5.52 Å². The number of anilines is 1. The van der Waals surface area contributed by atoms with Gasteiger partial charge in [-0.3, -0.25) is 14.5 Å². The molecule has 4 heterocycles. The van der Waals surface area contributed by atoms with Crippen LogP contribution in [0.5, 0.6) is 0 Å². The molecule has 0 saturated carbocycles. The second kappa shape index (κ2) is 6.80. The van der Waals surface area contributed by atoms with E-state index >= 15 is 0 Å². The van der Waals surface area contributed by atoms with Crippen molar-refractivity contribution in [3.8, 4) is 5.69 Å². The molecule has 160 valence electrons. The largest absolute Gasteiger partial charge is 0.337 e. The zero-order valence-corrected chi connectivity index (χ0v) is 18.5. The summed E-state index contributed by atoms with van der Waals surface area (Å²) in [6.45, 7) is 9.94. The topological polar surface area (TPSA) is 84.6 Å². The molecule has 0 amide bonds. The van der Waals surface area contributed by atoms with Crippen molar-refractivity contribution in [3.63, 3.8) is 0 Å². The quantitative estimate of drug-likeness (QED) is 0.541. The van der Waals surface area contributed by atoms with Gasteiger partial charge in [-0.25, -0.2) is 9.67 Å². The number of nitrogens with zero attached hydrogens (tertiary/aromatic N) is 6. The number of benzene rings is 1. The Kier molecular flexibility index (Phi) is 4.28. The van der Waals surface area contributed by atoms with Crippen LogP contribution < -0.4 is 10.5 Å². The molecule has 1 aromatic carbocycles. The summed E-state index contributed by atoms with van der Waals surface area (Å²) in [5, 5.41) is 8.95. The number of aromatic nitrogens is 6. The number of hydrogen-bond acceptors (Lipinski definition) is 5. The number of rotatable bonds is 2. The minimum atomic E-state index is -0.210. The Balaban J connectivity index is 1.59. The maximum atomic E-state index is 12.9. The molecule has 1 aliphatic heterocycles. The molecule has 0 spiro atoms. The van der Waals surface area contributed by atoms with E-state index in [1.54, 1.807) is 17.9 Å². The molecule has 5 rings (SSSR count). The van der Waals surface area contributed by atoms with E-state index in [4.69, 9.17) is 4.98 Å². The smallest absolute Gasteiger partial charge is 0.278 e. The molecule has 8 heteroatoms. The first kappa shape index (κ1) is 19.5. The molecule has 0 fully saturated rings. The number of aryl methyl sites for hydroxylation is 1. The molecule has 1 unspecified atom stereocenters. The Morgan fingerprint density at radius 2 is 2.03 bits per heavy atom. The second-order valence-corrected chi connectivity index (χ2v) is 9.42. The van der Waals surface area contributed by atoms with Crippen LogP contribution >= 0.6 is 0 Å². The highest BCUT2D eigenvalue weighted by Gasteiger charge is 2.28. The lowest BCUT2D eigenvalue weighted by Gasteiger charge is -2.33. The van der Waals surface area contributed by atoms with Gasteiger partial charge >= 0.3 is 0 Å². The number of H-pyrrole nitrogens is 1. The number of nitrogens with one attached hydrogen (secondary N) is 1. The third-order valence-electron chi connectivity index (χ3n) is 5.97. The lowest BCUT2D eigenvalue weighted by Crippen LogP contribution is -2.35. The fraction of sp³-hybridized carbons (Fsp3) is 0.391. The fourth-order valence-electron chi connectivity index (χ4n) is 4.46. The van der Waals surface area contributed by atoms with Gasteiger partial charge in [0.25, 0.3) is 5.56 Å². The van der Waals surface area contributed by atoms with Crippen molar-refractivity contribution in [2.45, 2.75) is 45.6 Å². The average Bonchev–Trinajstić information content (AvgIpc) is 3.35. The first-order chi connectivity index (χ1) is 14.7. The van der Waals surface area contributed by atoms with Crippen LogP contribution in [0, 0.1) is 0 Å². The van der Waals surface area contributed by atoms with Crippen LogP contribution in [0.25, 0.3) is 16.7 Å². The highest BCUT2D eigenvalue weighted by molar-refractivity contribution is 5.79. The van der Waals surface area contributed by atoms with Crippen molar-refractivity contribution in [1.82, 2.24) is 29.5 Å². The maximum Gasteiger partial charge on any atom is 0.278 e. The summed E-state index contributed by atoms with van der Waals surface area (Å²) >= 11 is 0. The van der Waals surface area contributed by atoms with Crippen LogP contribution in [0.2, 0.25) is 0 Å². The molecule has 1 atom stereocenters. The molecule has 4 aromatic rings. The van der Waals surface area contributed by atoms with E-state index in [9.17, 15) is 4.79 Å². The standard InChI is InChI=1S/C23H27N7O/c1-14-12-29(13-15-11-16(7-8-17(14)15)30-10-6-9-24-30)22-25-18-19(21(31)26-22)28(5)27-20(18)23(2,3)4/h6-11,14H,12-13H2,1-5H3,(H,25,26,31). The molecule has 1 N–H and O–H groups in total. The van der Waals surface area contributed by atoms with E-state index in [0.29, 0.717) is 29.4 Å². The zero-order chi connectivity index (χ0) is 21.9. The SMILES string of the molecule is CC1CN(c2nc3c(C(C)(C)C)nn(C)c3c(=O)[nH]2)Cc2cc(-n3cccn3)ccc21. The normalized spacial score (nSPS) is 16.7. The molecule has 3 aromatic heterocycles. The Morgan fingerprint density at radius 3 is 2.74 bits per heavy atom. The van der Waals surface area contributed by atoms with Crippen LogP contribution in [0.4, 0.5) is 5.95 Å². The summed E-state index contributed by atoms with van der Waals surface area (Å²) in [5.74, 6) is 0.908. The minimum Gasteiger partial charge on any atom is -0.337 e. The summed E-state index contributed by atoms with van der Waals surface area (Å²) < 4.78 is 3.50. The summed E-state index contributed by atoms with van der Waals surface area (Å²) in [6.07, 6.45) is 3.72. The van der Waals surface area contributed by atoms with Crippen LogP contribution in [0.15, 0.2) is 41.5 Å². The van der Waals surface area contributed by atoms with Gasteiger partial charge in [-0.15, -0.1) is 0 Å². The van der Waals surface area contributed by atoms with Gasteiger partial charge in [0.1, 0.15) is 5.52 Å². The van der Waals surface area contributed by atoms with Crippen molar-refractivity contribution < 1.29 is 0 Å². The maximum absolute atomic E-state index is 12.9. The average molecular weight is 418 g/mol. The van der Waals surface area contributed by atoms with Crippen molar-refractivity contribution in [1.29, 1.82) is 0 Å². The first-order valence-corrected chi connectivity index (χ1v) is 10.6. The summed E-state index contributed by atoms with van der Waals surface area (Å²) in [7, 11) is 1.80. The van der Waals surface area contributed by atoms with Crippen LogP contribution in [-0.4, -0.2) is 36.1 Å². The second-order valence-electron chi connectivity index (χ2n) is 9.42. The van der Waals surface area contributed by atoms with E-state index in [0.717, 1.165) is 17.9 Å². The summed E-state index contributed by atoms with van der Waals surface area (Å²) in [4.78, 5) is 23.0. The Labute approximate surface area is 180 Å². The number of hydrogen-bond donors (Lipinski definition) is 1. The van der Waals surface area contributed by atoms with Crippen molar-refractivity contribution in [3.05, 3.63) is 63.8 Å². The molecule has 1 aliphatic rings. The summed E-state index contributed by atoms with van der Waals surface area (Å²) in [5.41, 5.74) is 5.23. The molecule has 31 heavy (non-hydrogen) atoms. The molecule has 0 radical (unpaired) electrons. The van der Waals surface area contributed by atoms with Crippen LogP contribution in [0.1, 0.15) is 50.4 Å². The van der Waals surface area contributed by atoms with E-state index in [-0.39, 0.29) is 11.0 Å². The first-order valence-electron chi connectivity index (χ1n) is 10.6. The molecule has 0 saturated heterocycles. The van der Waals surface area contributed by atoms with Gasteiger partial charge in [-0.1, -0.05) is 33.8 Å². The van der Waals surface area contributed by atoms with Gasteiger partial charge in [0.05, 0.1) is 11.4 Å². The van der Waals surface area contributed by atoms with E-state index in [1.807, 2.05) is 16.9 Å². The molecule has 0 bridgehead atoms. The Morgan fingerprint density at radius 1 is 1.23 bits per heavy atom. The van der Waals surface area contributed by atoms with Crippen LogP contribution in [0.3, 0.4) is 0 Å². The van der Waals surface area contributed by atoms with Gasteiger partial charge in [-0.2, -0.15) is 10.2 Å². The predicted octanol–water partition coefficient (Wildman–Crippen LogP) is 3.26. The van der Waals surface area contributed by atoms with E-state index < -0.39 is 0 Å². The molecular weight excluding hydrogens is 390 g/mol. The predicted molar refractivity (Wildman–Crippen MR) is 121 cm³/mol. The molecule has 0 aliphatic carbocycles. The van der Waals surface area contributed by atoms with Gasteiger partial charge < -0.3 is 4.90 Å². The Bertz CT molecular complexity index is 1320. The number of fused-ring (bicyclic) bond motifs is 2. The lowest BCUT2D eigenvalue weighted by molar-refractivity contribution is 0.557. The lowest BCUT2D eigenvalue weighted by atomic mass is 9.90. The third kappa shape index (κ3) is 3.22. The minimum absolute atomic E-state index is 0.158. The molecule has 8 nitrogen and oxygen atoms in total. The Hall–Kier alpha value is -3.42. The van der Waals surface area contributed by atoms with Gasteiger partial charge in [0.2, 0.25) is 5.95 Å². The fourth-order valence-corrected chi connectivity index (χ4v) is 4.46. The van der Waals surface area contributed by atoms with Crippen LogP contribution in [-0.2, 0) is 19.0 Å². The zero-order valence-electron chi connectivity index (χ0n) is 18.5. The third-order valence-corrected chi connectivity index (χ3v) is 5.97. The van der Waals surface area contributed by atoms with Gasteiger partial charge in [-0.05, 0) is 35.2 Å². The number of aromatic amines is 1. The molecular formula is C23H27N7O. The highest BCUT2D eigenvalue weighted by Crippen LogP contribution is 2.32. The monoisotopic (exact) mass is 417 g/mol. The van der Waals surface area contributed by atoms with Crippen molar-refractivity contribution in [2.75, 3.05) is 11.4 Å². The van der Waals surface area contributed by atoms with Gasteiger partial charge in [0, 0.05) is 37.9 Å². The van der Waals surface area contributed by atoms with Crippen molar-refractivity contribution in [2.24, 2.45) is 7.05 Å². The van der Waals surface area contributed by atoms with E-state index in [1.165, 1.54) is 11.1 Å². The van der Waals surface area contributed by atoms with Crippen molar-refractivity contribution >= 4 is 17.0 Å². The van der Waals surface area contributed by atoms with E-state index in [2.05, 4.69) is 66.0 Å². The highest BCUT2D eigenvalue weighted by atomic mass is 16.1. The summed E-state index contributed by atoms with van der Waals surface area (Å²) in [6, 6.07) is 8.38.